The Morgan fingerprint density at radius 2 is 1.47 bits per heavy atom. The Hall–Kier alpha value is -3.66. The van der Waals surface area contributed by atoms with Crippen LogP contribution in [0, 0.1) is 18.2 Å². The van der Waals surface area contributed by atoms with Crippen molar-refractivity contribution in [3.8, 4) is 0 Å². The lowest BCUT2D eigenvalue weighted by Crippen LogP contribution is -2.66. The zero-order chi connectivity index (χ0) is 24.7. The van der Waals surface area contributed by atoms with Crippen molar-refractivity contribution in [1.29, 1.82) is 0 Å². The smallest absolute Gasteiger partial charge is 0.332 e. The minimum Gasteiger partial charge on any atom is -0.360 e. The van der Waals surface area contributed by atoms with E-state index >= 15 is 0 Å². The van der Waals surface area contributed by atoms with Gasteiger partial charge >= 0.3 is 6.03 Å². The molecule has 5 rings (SSSR count). The molecule has 2 atom stereocenters. The zero-order valence-electron chi connectivity index (χ0n) is 18.9. The molecule has 0 aliphatic carbocycles. The lowest BCUT2D eigenvalue weighted by Gasteiger charge is -2.43. The highest BCUT2D eigenvalue weighted by atomic mass is 32.1. The number of benzene rings is 2. The van der Waals surface area contributed by atoms with E-state index in [9.17, 15) is 23.6 Å². The van der Waals surface area contributed by atoms with Crippen LogP contribution in [0.15, 0.2) is 42.5 Å². The van der Waals surface area contributed by atoms with E-state index in [2.05, 4.69) is 5.32 Å². The Labute approximate surface area is 200 Å². The van der Waals surface area contributed by atoms with Crippen molar-refractivity contribution in [3.05, 3.63) is 65.0 Å². The molecular weight excluding hydrogens is 459 g/mol. The van der Waals surface area contributed by atoms with Crippen molar-refractivity contribution in [2.45, 2.75) is 18.4 Å². The number of nitrogens with zero attached hydrogens (tertiary/aromatic N) is 3. The molecule has 0 aromatic heterocycles. The van der Waals surface area contributed by atoms with Crippen LogP contribution in [0.5, 0.6) is 0 Å². The Morgan fingerprint density at radius 1 is 0.882 bits per heavy atom. The van der Waals surface area contributed by atoms with Gasteiger partial charge in [-0.05, 0) is 30.7 Å². The number of anilines is 1. The van der Waals surface area contributed by atoms with E-state index < -0.39 is 46.4 Å². The number of carbonyl (C=O) groups excluding carboxylic acids is 4. The molecule has 8 nitrogen and oxygen atoms in total. The van der Waals surface area contributed by atoms with Gasteiger partial charge in [0.25, 0.3) is 17.7 Å². The predicted molar refractivity (Wildman–Crippen MR) is 125 cm³/mol. The summed E-state index contributed by atoms with van der Waals surface area (Å²) < 4.78 is 13.9. The van der Waals surface area contributed by atoms with Gasteiger partial charge in [-0.2, -0.15) is 0 Å². The number of urea groups is 1. The summed E-state index contributed by atoms with van der Waals surface area (Å²) in [7, 11) is 4.14. The second kappa shape index (κ2) is 6.92. The van der Waals surface area contributed by atoms with Gasteiger partial charge in [-0.15, -0.1) is 0 Å². The first kappa shape index (κ1) is 22.1. The molecule has 1 N–H and O–H groups in total. The van der Waals surface area contributed by atoms with Gasteiger partial charge in [-0.3, -0.25) is 24.2 Å². The summed E-state index contributed by atoms with van der Waals surface area (Å²) in [5.41, 5.74) is -1.31. The number of aryl methyl sites for hydroxylation is 1. The maximum atomic E-state index is 14.0. The molecule has 0 saturated carbocycles. The second-order valence-corrected chi connectivity index (χ2v) is 9.36. The summed E-state index contributed by atoms with van der Waals surface area (Å²) >= 11 is 5.65. The Bertz CT molecular complexity index is 1300. The molecule has 2 fully saturated rings. The minimum atomic E-state index is -2.08. The highest BCUT2D eigenvalue weighted by Gasteiger charge is 2.76. The summed E-state index contributed by atoms with van der Waals surface area (Å²) in [5.74, 6) is -3.77. The Balaban J connectivity index is 1.89. The van der Waals surface area contributed by atoms with E-state index in [-0.39, 0.29) is 4.99 Å². The maximum Gasteiger partial charge on any atom is 0.332 e. The fourth-order valence-electron chi connectivity index (χ4n) is 5.57. The zero-order valence-corrected chi connectivity index (χ0v) is 19.7. The topological polar surface area (TPSA) is 90.0 Å². The Morgan fingerprint density at radius 3 is 2.06 bits per heavy atom. The first-order chi connectivity index (χ1) is 16.0. The lowest BCUT2D eigenvalue weighted by molar-refractivity contribution is -0.153. The summed E-state index contributed by atoms with van der Waals surface area (Å²) in [6.45, 7) is 1.86. The van der Waals surface area contributed by atoms with Gasteiger partial charge in [0.2, 0.25) is 0 Å². The highest BCUT2D eigenvalue weighted by Crippen LogP contribution is 2.60. The molecule has 0 radical (unpaired) electrons. The predicted octanol–water partition coefficient (Wildman–Crippen LogP) is 2.06. The third kappa shape index (κ3) is 2.38. The number of hydrogen-bond donors (Lipinski definition) is 1. The molecule has 3 aliphatic heterocycles. The number of imide groups is 2. The summed E-state index contributed by atoms with van der Waals surface area (Å²) in [6.07, 6.45) is 0. The van der Waals surface area contributed by atoms with Gasteiger partial charge < -0.3 is 10.2 Å². The Kier molecular flexibility index (Phi) is 4.51. The number of barbiturate groups is 1. The fraction of sp³-hybridized carbons (Fsp3) is 0.292. The molecule has 34 heavy (non-hydrogen) atoms. The molecule has 2 aromatic carbocycles. The number of likely N-dealkylation sites (N-methyl/N-ethyl adjacent to an activating group) is 1. The van der Waals surface area contributed by atoms with Crippen LogP contribution in [0.4, 0.5) is 14.9 Å². The van der Waals surface area contributed by atoms with Crippen molar-refractivity contribution < 1.29 is 23.6 Å². The monoisotopic (exact) mass is 480 g/mol. The summed E-state index contributed by atoms with van der Waals surface area (Å²) in [6, 6.07) is 9.96. The molecule has 0 bridgehead atoms. The van der Waals surface area contributed by atoms with Crippen molar-refractivity contribution >= 4 is 46.6 Å². The minimum absolute atomic E-state index is 0.154. The third-order valence-corrected chi connectivity index (χ3v) is 7.60. The highest BCUT2D eigenvalue weighted by molar-refractivity contribution is 7.80. The van der Waals surface area contributed by atoms with Crippen LogP contribution in [0.1, 0.15) is 22.6 Å². The lowest BCUT2D eigenvalue weighted by atomic mass is 9.62. The number of rotatable bonds is 1. The van der Waals surface area contributed by atoms with E-state index in [0.29, 0.717) is 16.8 Å². The molecule has 2 saturated heterocycles. The van der Waals surface area contributed by atoms with Crippen LogP contribution >= 0.6 is 12.2 Å². The largest absolute Gasteiger partial charge is 0.360 e. The van der Waals surface area contributed by atoms with Crippen molar-refractivity contribution in [1.82, 2.24) is 15.1 Å². The molecular formula is C24H21FN4O4S. The number of nitrogens with one attached hydrogen (secondary N) is 1. The van der Waals surface area contributed by atoms with Gasteiger partial charge in [-0.25, -0.2) is 9.18 Å². The van der Waals surface area contributed by atoms with E-state index in [1.54, 1.807) is 13.1 Å². The first-order valence-corrected chi connectivity index (χ1v) is 11.0. The van der Waals surface area contributed by atoms with Crippen molar-refractivity contribution in [2.75, 3.05) is 26.0 Å². The molecule has 10 heteroatoms. The molecule has 174 valence electrons. The van der Waals surface area contributed by atoms with Crippen molar-refractivity contribution in [3.63, 3.8) is 0 Å². The first-order valence-electron chi connectivity index (χ1n) is 10.6. The fourth-order valence-corrected chi connectivity index (χ4v) is 6.02. The van der Waals surface area contributed by atoms with Crippen molar-refractivity contribution in [2.24, 2.45) is 5.41 Å². The van der Waals surface area contributed by atoms with Crippen LogP contribution < -0.4 is 10.2 Å². The average molecular weight is 481 g/mol. The number of carbonyl (C=O) groups is 4. The normalized spacial score (nSPS) is 25.6. The van der Waals surface area contributed by atoms with Crippen LogP contribution in [-0.4, -0.2) is 59.7 Å². The summed E-state index contributed by atoms with van der Waals surface area (Å²) in [5, 5.41) is 3.07. The van der Waals surface area contributed by atoms with Gasteiger partial charge in [0.05, 0.1) is 5.92 Å². The van der Waals surface area contributed by atoms with Gasteiger partial charge in [0, 0.05) is 32.4 Å². The van der Waals surface area contributed by atoms with E-state index in [1.165, 1.54) is 43.3 Å². The quantitative estimate of drug-likeness (QED) is 0.497. The molecule has 5 amide bonds. The van der Waals surface area contributed by atoms with E-state index in [0.717, 1.165) is 15.4 Å². The van der Waals surface area contributed by atoms with E-state index in [1.807, 2.05) is 19.1 Å². The number of hydrogen-bond acceptors (Lipinski definition) is 5. The average Bonchev–Trinajstić information content (AvgIpc) is 3.20. The molecule has 2 spiro atoms. The molecule has 3 heterocycles. The number of thiocarbonyl (C=S) groups is 1. The standard InChI is InChI=1S/C24H21FN4O4S/c1-12-5-10-16-15(11-12)24(21(32)27(16)2)17(13-6-8-14(25)9-7-13)23(18(34)26-24)19(30)28(3)22(33)29(4)20(23)31/h5-11,17H,1-4H3,(H,26,34)/t17-,24-/m0/s1. The molecule has 2 aromatic rings. The van der Waals surface area contributed by atoms with E-state index in [4.69, 9.17) is 12.2 Å². The third-order valence-electron chi connectivity index (χ3n) is 7.18. The van der Waals surface area contributed by atoms with Crippen LogP contribution in [-0.2, 0) is 19.9 Å². The second-order valence-electron chi connectivity index (χ2n) is 8.95. The number of halogens is 1. The molecule has 0 unspecified atom stereocenters. The molecule has 3 aliphatic rings. The van der Waals surface area contributed by atoms with Crippen LogP contribution in [0.2, 0.25) is 0 Å². The maximum absolute atomic E-state index is 14.0. The van der Waals surface area contributed by atoms with Gasteiger partial charge in [0.15, 0.2) is 11.0 Å². The SMILES string of the molecule is Cc1ccc2c(c1)[C@@]1(NC(=S)C3(C(=O)N(C)C(=O)N(C)C3=O)[C@@H]1c1ccc(F)cc1)C(=O)N2C. The van der Waals surface area contributed by atoms with Gasteiger partial charge in [-0.1, -0.05) is 42.0 Å². The van der Waals surface area contributed by atoms with Gasteiger partial charge in [0.1, 0.15) is 10.8 Å². The van der Waals surface area contributed by atoms with Crippen LogP contribution in [0.25, 0.3) is 0 Å². The number of fused-ring (bicyclic) bond motifs is 2. The summed E-state index contributed by atoms with van der Waals surface area (Å²) in [4.78, 5) is 57.2. The van der Waals surface area contributed by atoms with Crippen LogP contribution in [0.3, 0.4) is 0 Å². The number of amides is 5.